The molecule has 0 aliphatic carbocycles. The first-order chi connectivity index (χ1) is 32.0. The zero-order valence-corrected chi connectivity index (χ0v) is 38.5. The number of aromatic hydroxyl groups is 2. The molecule has 0 radical (unpaired) electrons. The van der Waals surface area contributed by atoms with E-state index in [1.807, 2.05) is 0 Å². The molecule has 68 heavy (non-hydrogen) atoms. The van der Waals surface area contributed by atoms with Crippen LogP contribution in [0.25, 0.3) is 0 Å². The predicted octanol–water partition coefficient (Wildman–Crippen LogP) is 2.69. The zero-order chi connectivity index (χ0) is 50.3. The molecule has 3 aliphatic heterocycles. The Morgan fingerprint density at radius 2 is 0.897 bits per heavy atom. The van der Waals surface area contributed by atoms with Crippen LogP contribution < -0.4 is 9.47 Å². The average molecular weight is 961 g/mol. The number of phenolic OH excluding ortho intramolecular Hbond substituents is 2. The van der Waals surface area contributed by atoms with Crippen LogP contribution in [0.5, 0.6) is 23.0 Å². The van der Waals surface area contributed by atoms with Crippen molar-refractivity contribution in [2.75, 3.05) is 13.2 Å². The highest BCUT2D eigenvalue weighted by molar-refractivity contribution is 5.72. The quantitative estimate of drug-likeness (QED) is 0.156. The minimum Gasteiger partial charge on any atom is -0.507 e. The summed E-state index contributed by atoms with van der Waals surface area (Å²) < 4.78 is 68.9. The number of hydrogen-bond donors (Lipinski definition) is 2. The fourth-order valence-electron chi connectivity index (χ4n) is 8.25. The van der Waals surface area contributed by atoms with E-state index in [4.69, 9.17) is 56.8 Å². The van der Waals surface area contributed by atoms with Crippen LogP contribution in [0.3, 0.4) is 0 Å². The molecule has 370 valence electrons. The number of fused-ring (bicyclic) bond motifs is 1. The van der Waals surface area contributed by atoms with Gasteiger partial charge in [0.05, 0.1) is 11.1 Å². The number of hydrogen-bond acceptors (Lipinski definition) is 23. The van der Waals surface area contributed by atoms with Crippen molar-refractivity contribution in [2.24, 2.45) is 0 Å². The van der Waals surface area contributed by atoms with E-state index in [0.717, 1.165) is 55.4 Å². The van der Waals surface area contributed by atoms with Gasteiger partial charge in [0.1, 0.15) is 66.7 Å². The number of benzene rings is 2. The highest BCUT2D eigenvalue weighted by Gasteiger charge is 2.57. The van der Waals surface area contributed by atoms with E-state index >= 15 is 0 Å². The number of rotatable bonds is 14. The van der Waals surface area contributed by atoms with Gasteiger partial charge in [0.2, 0.25) is 0 Å². The van der Waals surface area contributed by atoms with Crippen molar-refractivity contribution in [1.29, 1.82) is 0 Å². The molecule has 23 heteroatoms. The lowest BCUT2D eigenvalue weighted by Gasteiger charge is -2.46. The largest absolute Gasteiger partial charge is 0.507 e. The maximum absolute atomic E-state index is 13.0. The Morgan fingerprint density at radius 1 is 0.500 bits per heavy atom. The van der Waals surface area contributed by atoms with E-state index in [1.54, 1.807) is 12.1 Å². The van der Waals surface area contributed by atoms with E-state index < -0.39 is 157 Å². The van der Waals surface area contributed by atoms with Crippen molar-refractivity contribution < 1.29 is 110 Å². The zero-order valence-electron chi connectivity index (χ0n) is 38.5. The Balaban J connectivity index is 1.86. The van der Waals surface area contributed by atoms with Gasteiger partial charge < -0.3 is 67.1 Å². The maximum atomic E-state index is 13.0. The van der Waals surface area contributed by atoms with Crippen LogP contribution in [0, 0.1) is 0 Å². The van der Waals surface area contributed by atoms with Gasteiger partial charge in [0.15, 0.2) is 36.6 Å². The van der Waals surface area contributed by atoms with Gasteiger partial charge in [-0.25, -0.2) is 0 Å². The summed E-state index contributed by atoms with van der Waals surface area (Å²) in [6, 6.07) is 6.18. The molecule has 3 heterocycles. The minimum absolute atomic E-state index is 0.0682. The van der Waals surface area contributed by atoms with Crippen molar-refractivity contribution in [3.8, 4) is 23.0 Å². The van der Waals surface area contributed by atoms with E-state index in [9.17, 15) is 53.4 Å². The maximum Gasteiger partial charge on any atom is 0.308 e. The molecule has 5 rings (SSSR count). The molecule has 2 fully saturated rings. The van der Waals surface area contributed by atoms with Gasteiger partial charge in [-0.2, -0.15) is 0 Å². The topological polar surface area (TPSA) is 305 Å². The van der Waals surface area contributed by atoms with Crippen LogP contribution in [0.2, 0.25) is 0 Å². The molecule has 11 atom stereocenters. The lowest BCUT2D eigenvalue weighted by molar-refractivity contribution is -0.256. The van der Waals surface area contributed by atoms with Gasteiger partial charge in [-0.05, 0) is 30.5 Å². The molecule has 2 aromatic rings. The molecule has 0 amide bonds. The second kappa shape index (κ2) is 22.2. The summed E-state index contributed by atoms with van der Waals surface area (Å²) in [7, 11) is 0. The summed E-state index contributed by atoms with van der Waals surface area (Å²) in [4.78, 5) is 112. The number of carbonyl (C=O) groups is 9. The molecule has 0 bridgehead atoms. The minimum atomic E-state index is -1.92. The van der Waals surface area contributed by atoms with Crippen molar-refractivity contribution >= 4 is 53.7 Å². The summed E-state index contributed by atoms with van der Waals surface area (Å²) in [5.74, 6) is -9.84. The van der Waals surface area contributed by atoms with E-state index in [1.165, 1.54) is 19.1 Å². The SMILES string of the molecule is CC(=O)OC[C@H]1O[C@@H](c2c(O)c3c(c([C@@H]4O[C@H](COC(C)=O)[C@@H](OC(C)=O)[C@H](OC(C)=O)[C@H]4OC(C)=O)c2O)OC(c2ccc(OC(C)=O)cc2)CC3)[C@H](OC(C)=O)[C@@H](OC(C)=O)[C@@H]1OC(C)=O. The summed E-state index contributed by atoms with van der Waals surface area (Å²) in [6.45, 7) is 8.01. The Bertz CT molecular complexity index is 2290. The van der Waals surface area contributed by atoms with Crippen LogP contribution in [0.1, 0.15) is 109 Å². The monoisotopic (exact) mass is 960 g/mol. The standard InChI is InChI=1S/C45H52O23/c1-18(46)57-16-31-38(60-21(4)49)42(62-23(6)51)44(64-25(8)53)40(67-31)33-35(55)29-14-15-30(27-10-12-28(13-11-27)59-20(3)48)66-37(29)34(36(33)56)41-45(65-26(9)54)43(63-24(7)52)39(61-22(5)50)32(68-41)17-58-19(2)47/h10-13,30-32,38-45,55-56H,14-17H2,1-9H3/t30?,31-,32-,38-,39-,40+,41+,42+,43+,44+,45+/m1/s1. The molecule has 23 nitrogen and oxygen atoms in total. The van der Waals surface area contributed by atoms with Crippen LogP contribution in [-0.4, -0.2) is 126 Å². The highest BCUT2D eigenvalue weighted by Crippen LogP contribution is 2.57. The number of carbonyl (C=O) groups excluding carboxylic acids is 9. The Kier molecular flexibility index (Phi) is 17.0. The molecular formula is C45H52O23. The second-order valence-corrected chi connectivity index (χ2v) is 15.9. The van der Waals surface area contributed by atoms with Gasteiger partial charge in [0.25, 0.3) is 0 Å². The fourth-order valence-corrected chi connectivity index (χ4v) is 8.25. The van der Waals surface area contributed by atoms with Crippen LogP contribution >= 0.6 is 0 Å². The van der Waals surface area contributed by atoms with E-state index in [2.05, 4.69) is 0 Å². The molecule has 0 saturated carbocycles. The van der Waals surface area contributed by atoms with E-state index in [-0.39, 0.29) is 29.9 Å². The highest BCUT2D eigenvalue weighted by atomic mass is 16.7. The van der Waals surface area contributed by atoms with Crippen LogP contribution in [-0.2, 0) is 96.9 Å². The Labute approximate surface area is 388 Å². The molecule has 0 spiro atoms. The summed E-state index contributed by atoms with van der Waals surface area (Å²) in [5.41, 5.74) is -0.612. The molecule has 2 N–H and O–H groups in total. The third kappa shape index (κ3) is 12.5. The number of esters is 9. The molecule has 0 aromatic heterocycles. The van der Waals surface area contributed by atoms with Crippen molar-refractivity contribution in [2.45, 2.75) is 142 Å². The van der Waals surface area contributed by atoms with Gasteiger partial charge in [-0.3, -0.25) is 43.2 Å². The lowest BCUT2D eigenvalue weighted by Crippen LogP contribution is -2.60. The molecule has 2 saturated heterocycles. The van der Waals surface area contributed by atoms with Gasteiger partial charge >= 0.3 is 53.7 Å². The van der Waals surface area contributed by atoms with Gasteiger partial charge in [-0.1, -0.05) is 12.1 Å². The average Bonchev–Trinajstić information content (AvgIpc) is 3.22. The van der Waals surface area contributed by atoms with Crippen molar-refractivity contribution in [3.05, 3.63) is 46.5 Å². The van der Waals surface area contributed by atoms with Gasteiger partial charge in [-0.15, -0.1) is 0 Å². The van der Waals surface area contributed by atoms with Crippen molar-refractivity contribution in [3.63, 3.8) is 0 Å². The molecule has 3 aliphatic rings. The second-order valence-electron chi connectivity index (χ2n) is 15.9. The normalized spacial score (nSPS) is 26.2. The van der Waals surface area contributed by atoms with Gasteiger partial charge in [0, 0.05) is 67.9 Å². The van der Waals surface area contributed by atoms with Crippen LogP contribution in [0.4, 0.5) is 0 Å². The fraction of sp³-hybridized carbons (Fsp3) is 0.533. The number of ether oxygens (including phenoxy) is 12. The Hall–Kier alpha value is -7.01. The first kappa shape index (κ1) is 52.0. The molecule has 1 unspecified atom stereocenters. The summed E-state index contributed by atoms with van der Waals surface area (Å²) >= 11 is 0. The first-order valence-electron chi connectivity index (χ1n) is 21.1. The summed E-state index contributed by atoms with van der Waals surface area (Å²) in [6.07, 6.45) is -18.4. The Morgan fingerprint density at radius 3 is 1.29 bits per heavy atom. The molecule has 2 aromatic carbocycles. The predicted molar refractivity (Wildman–Crippen MR) is 221 cm³/mol. The van der Waals surface area contributed by atoms with Crippen LogP contribution in [0.15, 0.2) is 24.3 Å². The third-order valence-electron chi connectivity index (χ3n) is 10.6. The number of phenols is 2. The van der Waals surface area contributed by atoms with E-state index in [0.29, 0.717) is 5.56 Å². The molecular weight excluding hydrogens is 908 g/mol. The summed E-state index contributed by atoms with van der Waals surface area (Å²) in [5, 5.41) is 25.3. The van der Waals surface area contributed by atoms with Crippen molar-refractivity contribution in [1.82, 2.24) is 0 Å². The first-order valence-corrected chi connectivity index (χ1v) is 21.1. The third-order valence-corrected chi connectivity index (χ3v) is 10.6. The lowest BCUT2D eigenvalue weighted by atomic mass is 9.82. The smallest absolute Gasteiger partial charge is 0.308 e.